The third-order valence-corrected chi connectivity index (χ3v) is 4.98. The minimum atomic E-state index is -4.40. The molecule has 0 spiro atoms. The maximum Gasteiger partial charge on any atom is 0.410 e. The van der Waals surface area contributed by atoms with Crippen molar-refractivity contribution < 1.29 is 18.0 Å². The van der Waals surface area contributed by atoms with E-state index in [0.717, 1.165) is 17.5 Å². The third-order valence-electron chi connectivity index (χ3n) is 4.30. The highest BCUT2D eigenvalue weighted by molar-refractivity contribution is 7.13. The molecular weight excluding hydrogens is 343 g/mol. The number of anilines is 2. The van der Waals surface area contributed by atoms with Gasteiger partial charge in [0.05, 0.1) is 0 Å². The summed E-state index contributed by atoms with van der Waals surface area (Å²) in [4.78, 5) is 16.1. The summed E-state index contributed by atoms with van der Waals surface area (Å²) in [6.45, 7) is 0. The van der Waals surface area contributed by atoms with E-state index < -0.39 is 18.1 Å². The number of fused-ring (bicyclic) bond motifs is 1. The average molecular weight is 357 g/mol. The van der Waals surface area contributed by atoms with E-state index in [2.05, 4.69) is 20.7 Å². The first kappa shape index (κ1) is 15.4. The lowest BCUT2D eigenvalue weighted by Gasteiger charge is -2.33. The first-order chi connectivity index (χ1) is 11.4. The van der Waals surface area contributed by atoms with Crippen molar-refractivity contribution in [2.24, 2.45) is 5.92 Å². The van der Waals surface area contributed by atoms with Gasteiger partial charge in [0.25, 0.3) is 5.91 Å². The van der Waals surface area contributed by atoms with E-state index in [9.17, 15) is 18.0 Å². The van der Waals surface area contributed by atoms with Crippen LogP contribution in [0.3, 0.4) is 0 Å². The molecule has 0 radical (unpaired) electrons. The van der Waals surface area contributed by atoms with Gasteiger partial charge in [-0.2, -0.15) is 18.3 Å². The van der Waals surface area contributed by atoms with E-state index in [1.165, 1.54) is 23.6 Å². The number of amides is 1. The molecule has 4 rings (SSSR count). The van der Waals surface area contributed by atoms with Crippen LogP contribution < -0.4 is 10.6 Å². The quantitative estimate of drug-likeness (QED) is 0.884. The molecule has 128 valence electrons. The molecule has 2 aromatic heterocycles. The van der Waals surface area contributed by atoms with E-state index in [-0.39, 0.29) is 29.9 Å². The highest BCUT2D eigenvalue weighted by Gasteiger charge is 2.49. The molecule has 0 bridgehead atoms. The van der Waals surface area contributed by atoms with Gasteiger partial charge in [-0.1, -0.05) is 0 Å². The number of nitrogens with zero attached hydrogens (tertiary/aromatic N) is 3. The standard InChI is InChI=1S/C14H14F3N5OS/c15-14(16,17)10-5-8(7-1-2-7)19-11-6-9(21-22(10)11)12(23)20-13-18-3-4-24-13/h3-4,6-8,10,19H,1-2,5H2,(H,18,20,23)/t8-,10+/m0/s1. The van der Waals surface area contributed by atoms with Crippen LogP contribution in [0, 0.1) is 5.92 Å². The lowest BCUT2D eigenvalue weighted by atomic mass is 10.0. The monoisotopic (exact) mass is 357 g/mol. The Kier molecular flexibility index (Phi) is 3.52. The summed E-state index contributed by atoms with van der Waals surface area (Å²) in [5.41, 5.74) is -0.0570. The van der Waals surface area contributed by atoms with Crippen LogP contribution in [0.4, 0.5) is 24.1 Å². The second kappa shape index (κ2) is 5.47. The second-order valence-electron chi connectivity index (χ2n) is 6.03. The number of carbonyl (C=O) groups excluding carboxylic acids is 1. The second-order valence-corrected chi connectivity index (χ2v) is 6.93. The molecule has 0 saturated heterocycles. The topological polar surface area (TPSA) is 71.8 Å². The van der Waals surface area contributed by atoms with Crippen molar-refractivity contribution in [2.75, 3.05) is 10.6 Å². The molecule has 2 atom stereocenters. The van der Waals surface area contributed by atoms with Crippen LogP contribution in [0.25, 0.3) is 0 Å². The van der Waals surface area contributed by atoms with Crippen LogP contribution in [0.2, 0.25) is 0 Å². The summed E-state index contributed by atoms with van der Waals surface area (Å²) in [6.07, 6.45) is -1.06. The summed E-state index contributed by atoms with van der Waals surface area (Å²) >= 11 is 1.22. The van der Waals surface area contributed by atoms with Crippen LogP contribution >= 0.6 is 11.3 Å². The average Bonchev–Trinajstić information content (AvgIpc) is 3.07. The van der Waals surface area contributed by atoms with Crippen molar-refractivity contribution in [1.82, 2.24) is 14.8 Å². The lowest BCUT2D eigenvalue weighted by molar-refractivity contribution is -0.174. The summed E-state index contributed by atoms with van der Waals surface area (Å²) in [6, 6.07) is -0.563. The molecule has 1 aliphatic carbocycles. The Hall–Kier alpha value is -2.10. The van der Waals surface area contributed by atoms with Gasteiger partial charge in [0.15, 0.2) is 16.9 Å². The largest absolute Gasteiger partial charge is 0.410 e. The van der Waals surface area contributed by atoms with Crippen LogP contribution in [0.1, 0.15) is 35.8 Å². The molecule has 3 heterocycles. The Morgan fingerprint density at radius 1 is 1.42 bits per heavy atom. The molecule has 10 heteroatoms. The van der Waals surface area contributed by atoms with Gasteiger partial charge in [-0.25, -0.2) is 9.67 Å². The zero-order chi connectivity index (χ0) is 16.9. The number of hydrogen-bond acceptors (Lipinski definition) is 5. The van der Waals surface area contributed by atoms with Crippen molar-refractivity contribution in [1.29, 1.82) is 0 Å². The molecule has 2 aliphatic rings. The van der Waals surface area contributed by atoms with Crippen LogP contribution in [0.15, 0.2) is 17.6 Å². The van der Waals surface area contributed by atoms with Gasteiger partial charge in [0, 0.05) is 23.7 Å². The molecule has 2 aromatic rings. The fraction of sp³-hybridized carbons (Fsp3) is 0.500. The molecule has 6 nitrogen and oxygen atoms in total. The first-order valence-electron chi connectivity index (χ1n) is 7.55. The number of aromatic nitrogens is 3. The number of halogens is 3. The molecule has 2 N–H and O–H groups in total. The molecule has 1 amide bonds. The summed E-state index contributed by atoms with van der Waals surface area (Å²) in [5, 5.41) is 11.6. The van der Waals surface area contributed by atoms with Gasteiger partial charge in [0.1, 0.15) is 5.82 Å². The molecule has 1 fully saturated rings. The number of rotatable bonds is 3. The Balaban J connectivity index is 1.62. The van der Waals surface area contributed by atoms with Gasteiger partial charge in [-0.15, -0.1) is 11.3 Å². The van der Waals surface area contributed by atoms with Crippen LogP contribution in [0.5, 0.6) is 0 Å². The highest BCUT2D eigenvalue weighted by Crippen LogP contribution is 2.45. The normalized spacial score (nSPS) is 23.5. The maximum atomic E-state index is 13.4. The van der Waals surface area contributed by atoms with Crippen molar-refractivity contribution in [3.05, 3.63) is 23.3 Å². The molecular formula is C14H14F3N5OS. The molecule has 1 aliphatic heterocycles. The number of nitrogens with one attached hydrogen (secondary N) is 2. The zero-order valence-electron chi connectivity index (χ0n) is 12.4. The predicted molar refractivity (Wildman–Crippen MR) is 82.1 cm³/mol. The minimum Gasteiger partial charge on any atom is -0.367 e. The van der Waals surface area contributed by atoms with Gasteiger partial charge in [0.2, 0.25) is 0 Å². The van der Waals surface area contributed by atoms with Crippen molar-refractivity contribution in [2.45, 2.75) is 37.5 Å². The highest BCUT2D eigenvalue weighted by atomic mass is 32.1. The predicted octanol–water partition coefficient (Wildman–Crippen LogP) is 3.29. The maximum absolute atomic E-state index is 13.4. The van der Waals surface area contributed by atoms with E-state index >= 15 is 0 Å². The fourth-order valence-corrected chi connectivity index (χ4v) is 3.49. The molecule has 0 unspecified atom stereocenters. The van der Waals surface area contributed by atoms with Gasteiger partial charge in [-0.05, 0) is 25.2 Å². The minimum absolute atomic E-state index is 0.0570. The van der Waals surface area contributed by atoms with Gasteiger partial charge >= 0.3 is 6.18 Å². The first-order valence-corrected chi connectivity index (χ1v) is 8.43. The van der Waals surface area contributed by atoms with Gasteiger partial charge < -0.3 is 5.32 Å². The fourth-order valence-electron chi connectivity index (χ4n) is 2.97. The Labute approximate surface area is 139 Å². The van der Waals surface area contributed by atoms with Crippen molar-refractivity contribution in [3.63, 3.8) is 0 Å². The zero-order valence-corrected chi connectivity index (χ0v) is 13.2. The number of thiazole rings is 1. The SMILES string of the molecule is O=C(Nc1nccs1)c1cc2n(n1)[C@@H](C(F)(F)F)C[C@@H](C1CC1)N2. The molecule has 24 heavy (non-hydrogen) atoms. The summed E-state index contributed by atoms with van der Waals surface area (Å²) in [7, 11) is 0. The number of hydrogen-bond donors (Lipinski definition) is 2. The lowest BCUT2D eigenvalue weighted by Crippen LogP contribution is -2.40. The Morgan fingerprint density at radius 2 is 2.21 bits per heavy atom. The van der Waals surface area contributed by atoms with E-state index in [1.54, 1.807) is 5.38 Å². The summed E-state index contributed by atoms with van der Waals surface area (Å²) in [5.74, 6) is -0.0617. The molecule has 0 aromatic carbocycles. The smallest absolute Gasteiger partial charge is 0.367 e. The summed E-state index contributed by atoms with van der Waals surface area (Å²) < 4.78 is 41.1. The number of alkyl halides is 3. The van der Waals surface area contributed by atoms with Crippen LogP contribution in [-0.2, 0) is 0 Å². The van der Waals surface area contributed by atoms with E-state index in [0.29, 0.717) is 5.13 Å². The van der Waals surface area contributed by atoms with E-state index in [4.69, 9.17) is 0 Å². The van der Waals surface area contributed by atoms with Crippen molar-refractivity contribution >= 4 is 28.2 Å². The Bertz CT molecular complexity index is 753. The van der Waals surface area contributed by atoms with Crippen LogP contribution in [-0.4, -0.2) is 32.9 Å². The Morgan fingerprint density at radius 3 is 2.83 bits per heavy atom. The van der Waals surface area contributed by atoms with Gasteiger partial charge in [-0.3, -0.25) is 10.1 Å². The van der Waals surface area contributed by atoms with E-state index in [1.807, 2.05) is 0 Å². The van der Waals surface area contributed by atoms with Crippen molar-refractivity contribution in [3.8, 4) is 0 Å². The third kappa shape index (κ3) is 2.85. The molecule has 1 saturated carbocycles. The number of carbonyl (C=O) groups is 1.